The van der Waals surface area contributed by atoms with Crippen molar-refractivity contribution >= 4 is 168 Å². The lowest BCUT2D eigenvalue weighted by molar-refractivity contribution is 0.00578. The topological polar surface area (TPSA) is 429 Å². The molecular formula is C99H122BBrCl2N24O15. The summed E-state index contributed by atoms with van der Waals surface area (Å²) in [5.74, 6) is 3.54. The first-order valence-electron chi connectivity index (χ1n) is 47.5. The minimum atomic E-state index is -0.788. The number of nitrogen functional groups attached to an aromatic ring is 1. The van der Waals surface area contributed by atoms with Crippen LogP contribution in [0.3, 0.4) is 0 Å². The van der Waals surface area contributed by atoms with Gasteiger partial charge in [0.2, 0.25) is 0 Å². The molecule has 752 valence electrons. The van der Waals surface area contributed by atoms with Gasteiger partial charge < -0.3 is 87.9 Å². The highest BCUT2D eigenvalue weighted by Crippen LogP contribution is 2.45. The minimum Gasteiger partial charge on any atom is -0.444 e. The van der Waals surface area contributed by atoms with E-state index in [1.165, 1.54) is 6.20 Å². The Balaban J connectivity index is 0.000000138. The van der Waals surface area contributed by atoms with E-state index in [1.807, 2.05) is 122 Å². The Morgan fingerprint density at radius 2 is 0.859 bits per heavy atom. The van der Waals surface area contributed by atoms with Crippen LogP contribution in [0.4, 0.5) is 70.3 Å². The van der Waals surface area contributed by atoms with Gasteiger partial charge in [-0.25, -0.2) is 68.7 Å². The number of halogens is 3. The van der Waals surface area contributed by atoms with Crippen molar-refractivity contribution < 1.29 is 71.3 Å². The summed E-state index contributed by atoms with van der Waals surface area (Å²) in [5, 5.41) is 8.98. The fourth-order valence-electron chi connectivity index (χ4n) is 19.1. The number of anilines is 8. The maximum atomic E-state index is 14.0. The molecule has 1 aliphatic carbocycles. The van der Waals surface area contributed by atoms with Gasteiger partial charge in [0, 0.05) is 171 Å². The van der Waals surface area contributed by atoms with Crippen LogP contribution < -0.4 is 36.5 Å². The molecule has 10 aromatic rings. The van der Waals surface area contributed by atoms with Crippen LogP contribution in [-0.4, -0.2) is 260 Å². The van der Waals surface area contributed by atoms with E-state index in [9.17, 15) is 38.4 Å². The summed E-state index contributed by atoms with van der Waals surface area (Å²) in [6.07, 6.45) is 23.7. The number of hydrogen-bond acceptors (Lipinski definition) is 32. The number of carbonyl (C=O) groups excluding carboxylic acids is 8. The molecule has 142 heavy (non-hydrogen) atoms. The van der Waals surface area contributed by atoms with Crippen LogP contribution in [0.15, 0.2) is 109 Å². The van der Waals surface area contributed by atoms with Crippen LogP contribution in [0.25, 0.3) is 33.3 Å². The van der Waals surface area contributed by atoms with Crippen molar-refractivity contribution in [1.82, 2.24) is 88.5 Å². The third-order valence-electron chi connectivity index (χ3n) is 26.3. The molecule has 0 aromatic carbocycles. The van der Waals surface area contributed by atoms with Crippen LogP contribution in [-0.2, 0) is 66.6 Å². The zero-order valence-corrected chi connectivity index (χ0v) is 87.0. The molecule has 10 aromatic heterocycles. The number of aromatic nitrogens is 13. The van der Waals surface area contributed by atoms with E-state index >= 15 is 0 Å². The number of rotatable bonds is 9. The molecule has 6 atom stereocenters. The number of aryl methyl sites for hydroxylation is 2. The molecule has 4 N–H and O–H groups in total. The van der Waals surface area contributed by atoms with Gasteiger partial charge in [0.25, 0.3) is 11.8 Å². The van der Waals surface area contributed by atoms with Crippen LogP contribution in [0.2, 0.25) is 10.3 Å². The molecule has 39 nitrogen and oxygen atoms in total. The number of likely N-dealkylation sites (tertiary alicyclic amines) is 3. The summed E-state index contributed by atoms with van der Waals surface area (Å²) in [7, 11) is 3.57. The number of nitrogens with one attached hydrogen (secondary N) is 2. The lowest BCUT2D eigenvalue weighted by atomic mass is 9.78. The van der Waals surface area contributed by atoms with Crippen molar-refractivity contribution in [1.29, 1.82) is 0 Å². The molecule has 43 heteroatoms. The second-order valence-corrected chi connectivity index (χ2v) is 44.5. The van der Waals surface area contributed by atoms with E-state index in [2.05, 4.69) is 115 Å². The summed E-state index contributed by atoms with van der Waals surface area (Å²) in [6.45, 7) is 41.8. The number of nitrogens with two attached hydrogens (primary N) is 1. The van der Waals surface area contributed by atoms with Gasteiger partial charge in [-0.1, -0.05) is 23.2 Å². The van der Waals surface area contributed by atoms with E-state index in [1.54, 1.807) is 112 Å². The number of amides is 7. The van der Waals surface area contributed by atoms with E-state index in [0.717, 1.165) is 116 Å². The van der Waals surface area contributed by atoms with Gasteiger partial charge in [-0.2, -0.15) is 0 Å². The monoisotopic (exact) mass is 2050 g/mol. The number of imide groups is 2. The molecule has 9 aliphatic heterocycles. The second kappa shape index (κ2) is 39.5. The number of carbonyl (C=O) groups is 8. The average molecular weight is 2050 g/mol. The fourth-order valence-corrected chi connectivity index (χ4v) is 20.1. The molecule has 7 fully saturated rings. The number of ether oxygens (including phenoxy) is 5. The summed E-state index contributed by atoms with van der Waals surface area (Å²) in [5.41, 5.74) is 10.1. The van der Waals surface area contributed by atoms with Crippen molar-refractivity contribution in [3.63, 3.8) is 0 Å². The predicted molar refractivity (Wildman–Crippen MR) is 540 cm³/mol. The van der Waals surface area contributed by atoms with Crippen molar-refractivity contribution in [2.75, 3.05) is 90.0 Å². The zero-order chi connectivity index (χ0) is 102. The van der Waals surface area contributed by atoms with Crippen LogP contribution in [0.5, 0.6) is 0 Å². The maximum absolute atomic E-state index is 14.0. The fraction of sp³-hybridized carbons (Fsp3) is 0.505. The van der Waals surface area contributed by atoms with Crippen LogP contribution in [0, 0.1) is 17.8 Å². The van der Waals surface area contributed by atoms with E-state index in [0.29, 0.717) is 125 Å². The van der Waals surface area contributed by atoms with Gasteiger partial charge >= 0.3 is 37.6 Å². The van der Waals surface area contributed by atoms with Gasteiger partial charge in [0.05, 0.1) is 120 Å². The Kier molecular flexibility index (Phi) is 28.4. The molecule has 19 heterocycles. The second-order valence-electron chi connectivity index (χ2n) is 42.9. The molecule has 7 amide bonds. The highest BCUT2D eigenvalue weighted by atomic mass is 79.9. The van der Waals surface area contributed by atoms with Gasteiger partial charge in [0.15, 0.2) is 17.4 Å². The highest BCUT2D eigenvalue weighted by molar-refractivity contribution is 9.10. The normalized spacial score (nSPS) is 20.2. The largest absolute Gasteiger partial charge is 0.495 e. The summed E-state index contributed by atoms with van der Waals surface area (Å²) in [4.78, 5) is 165. The molecule has 6 unspecified atom stereocenters. The van der Waals surface area contributed by atoms with Gasteiger partial charge in [-0.05, 0) is 203 Å². The van der Waals surface area contributed by atoms with Gasteiger partial charge in [-0.15, -0.1) is 0 Å². The standard InChI is InChI=1S/C35H41N9O5.C27H34ClN7O5.C15H23N5O2.C14H19BN2O2.C8H5BrClNO/c1-34(2,3)48-32(46)42-17-20-9-13-43(25(20)19-42)27-16-36-15-26(40-27)39-24-14-38-29(21-8-11-37-30-22(21)10-12-41(30)7)23-18-44(31(45)28(23)24)33(47)49-35(4,5)6;1-26(2,3)39-24(37)33-12-15-7-8-34(18(15)14-33)20-11-29-10-19(32-20)31-17-9-30-22(28)16-13-35(23(36)21(16)17)25(38)40-27(4,5)6;1-15(2,3)22-14(21)19-8-10-4-5-20(11(10)9-19)13-7-17-6-12(16)18-13;1-13(2)14(3,4)19-15(18-13)11-6-8-16-12-10(11)7-9-17(12)5;9-5-3-11-8(10)4-1-2-6(12)7(4)5/h8,10-12,14-16,20,25H,9,13,17-19H2,1-7H3,(H,39,40);9-11,15,18H,7-8,12-14H2,1-6H3,(H,31,32);6-7,10-11H,4-5,8-9H2,1-3H3,(H2,16,18);6-9H,1-5H3;3H,1-2H2. The van der Waals surface area contributed by atoms with Crippen LogP contribution >= 0.6 is 39.1 Å². The third-order valence-corrected chi connectivity index (χ3v) is 27.5. The number of fused-ring (bicyclic) bond motifs is 8. The SMILES string of the molecule is CC(C)(C)OC(=O)N1CC2CCN(c3cncc(N)n3)C2C1.CC(C)(C)OC(=O)N1CC2CCN(c3cncc(Nc4cnc(Cl)c5c4C(=O)N(C(=O)OC(C)(C)C)C5)n3)C2C1.Cn1ccc2c(-c3ncc(Nc4cncc(N5CCC6CN(C(=O)OC(C)(C)C)CC65)n4)c4c3CN(C(=O)OC(C)(C)C)C4=O)ccnc21.Cn1ccc2c(B3OC(C)(C)C(C)(C)O3)ccnc21.O=C1CCc2c(Cl)ncc(Br)c21. The van der Waals surface area contributed by atoms with Crippen molar-refractivity contribution in [3.8, 4) is 11.3 Å². The van der Waals surface area contributed by atoms with Crippen molar-refractivity contribution in [3.05, 3.63) is 153 Å². The third kappa shape index (κ3) is 22.2. The molecule has 0 saturated carbocycles. The Morgan fingerprint density at radius 3 is 1.31 bits per heavy atom. The summed E-state index contributed by atoms with van der Waals surface area (Å²) in [6, 6.07) is 8.31. The lowest BCUT2D eigenvalue weighted by Crippen LogP contribution is -2.41. The quantitative estimate of drug-likeness (QED) is 0.0686. The summed E-state index contributed by atoms with van der Waals surface area (Å²) >= 11 is 15.4. The molecule has 20 rings (SSSR count). The molecular weight excluding hydrogens is 1930 g/mol. The van der Waals surface area contributed by atoms with Crippen LogP contribution in [0.1, 0.15) is 205 Å². The van der Waals surface area contributed by atoms with Crippen molar-refractivity contribution in [2.24, 2.45) is 31.8 Å². The van der Waals surface area contributed by atoms with Gasteiger partial charge in [-0.3, -0.25) is 34.3 Å². The molecule has 0 radical (unpaired) electrons. The Hall–Kier alpha value is -12.7. The minimum absolute atomic E-state index is 0.00566. The van der Waals surface area contributed by atoms with E-state index < -0.39 is 52.0 Å². The number of nitrogens with zero attached hydrogens (tertiary/aromatic N) is 21. The summed E-state index contributed by atoms with van der Waals surface area (Å²) < 4.78 is 44.6. The lowest BCUT2D eigenvalue weighted by Gasteiger charge is -2.32. The number of ketones is 1. The number of Topliss-reactive ketones (excluding diaryl/α,β-unsaturated/α-hetero) is 1. The first kappa shape index (κ1) is 102. The Morgan fingerprint density at radius 1 is 0.465 bits per heavy atom. The number of pyridine rings is 5. The smallest absolute Gasteiger partial charge is 0.444 e. The molecule has 10 aliphatic rings. The Bertz CT molecular complexity index is 6560. The Labute approximate surface area is 843 Å². The molecule has 7 saturated heterocycles. The van der Waals surface area contributed by atoms with E-state index in [-0.39, 0.29) is 84.3 Å². The molecule has 0 bridgehead atoms. The average Bonchev–Trinajstić information content (AvgIpc) is 1.58. The first-order valence-corrected chi connectivity index (χ1v) is 49.1. The molecule has 0 spiro atoms. The highest BCUT2D eigenvalue weighted by Gasteiger charge is 2.54. The van der Waals surface area contributed by atoms with Crippen molar-refractivity contribution in [2.45, 2.75) is 234 Å². The first-order chi connectivity index (χ1) is 66.7. The predicted octanol–water partition coefficient (Wildman–Crippen LogP) is 16.1. The van der Waals surface area contributed by atoms with Gasteiger partial charge in [0.1, 0.15) is 72.9 Å². The maximum Gasteiger partial charge on any atom is 0.495 e. The van der Waals surface area contributed by atoms with E-state index in [4.69, 9.17) is 76.9 Å². The zero-order valence-electron chi connectivity index (χ0n) is 83.9. The number of hydrogen-bond donors (Lipinski definition) is 3.